The molecular formula is C41H29N3O. The van der Waals surface area contributed by atoms with Gasteiger partial charge in [-0.15, -0.1) is 0 Å². The fourth-order valence-electron chi connectivity index (χ4n) is 7.00. The van der Waals surface area contributed by atoms with Crippen LogP contribution in [0, 0.1) is 0 Å². The van der Waals surface area contributed by atoms with Crippen molar-refractivity contribution in [2.75, 3.05) is 0 Å². The SMILES string of the molecule is C1=CCCC(C2=CC=C(c3nc(-c4ccccc4)nc(-c4ccc5ccc6ccccc6c5c4)n3)C3c4ccccc4OC23)=C1. The molecule has 5 aromatic carbocycles. The number of hydrogen-bond donors (Lipinski definition) is 0. The molecular weight excluding hydrogens is 550 g/mol. The summed E-state index contributed by atoms with van der Waals surface area (Å²) in [6, 6.07) is 38.0. The highest BCUT2D eigenvalue weighted by atomic mass is 16.5. The molecule has 2 atom stereocenters. The van der Waals surface area contributed by atoms with Crippen molar-refractivity contribution in [3.8, 4) is 28.5 Å². The molecule has 45 heavy (non-hydrogen) atoms. The van der Waals surface area contributed by atoms with Gasteiger partial charge in [0, 0.05) is 22.3 Å². The zero-order valence-corrected chi connectivity index (χ0v) is 24.6. The normalized spacial score (nSPS) is 18.5. The second-order valence-corrected chi connectivity index (χ2v) is 11.9. The van der Waals surface area contributed by atoms with Gasteiger partial charge in [0.15, 0.2) is 17.5 Å². The molecule has 0 saturated carbocycles. The molecule has 0 radical (unpaired) electrons. The quantitative estimate of drug-likeness (QED) is 0.195. The average Bonchev–Trinajstić information content (AvgIpc) is 3.51. The van der Waals surface area contributed by atoms with E-state index < -0.39 is 0 Å². The van der Waals surface area contributed by atoms with Crippen LogP contribution in [0.15, 0.2) is 151 Å². The van der Waals surface area contributed by atoms with Gasteiger partial charge < -0.3 is 4.74 Å². The summed E-state index contributed by atoms with van der Waals surface area (Å²) >= 11 is 0. The summed E-state index contributed by atoms with van der Waals surface area (Å²) in [6.45, 7) is 0. The monoisotopic (exact) mass is 579 g/mol. The first-order chi connectivity index (χ1) is 22.3. The van der Waals surface area contributed by atoms with Gasteiger partial charge in [-0.1, -0.05) is 127 Å². The predicted octanol–water partition coefficient (Wildman–Crippen LogP) is 9.66. The Balaban J connectivity index is 1.25. The second-order valence-electron chi connectivity index (χ2n) is 11.9. The number of allylic oxidation sites excluding steroid dienone is 5. The third-order valence-electron chi connectivity index (χ3n) is 9.21. The minimum absolute atomic E-state index is 0.0209. The van der Waals surface area contributed by atoms with Gasteiger partial charge in [-0.25, -0.2) is 15.0 Å². The van der Waals surface area contributed by atoms with Crippen LogP contribution in [0.3, 0.4) is 0 Å². The van der Waals surface area contributed by atoms with E-state index in [0.29, 0.717) is 17.5 Å². The molecule has 6 aromatic rings. The van der Waals surface area contributed by atoms with E-state index in [1.54, 1.807) is 0 Å². The maximum Gasteiger partial charge on any atom is 0.164 e. The van der Waals surface area contributed by atoms with Gasteiger partial charge in [0.25, 0.3) is 0 Å². The summed E-state index contributed by atoms with van der Waals surface area (Å²) in [4.78, 5) is 15.4. The van der Waals surface area contributed by atoms with E-state index in [0.717, 1.165) is 35.3 Å². The van der Waals surface area contributed by atoms with Crippen LogP contribution in [0.25, 0.3) is 49.9 Å². The van der Waals surface area contributed by atoms with Crippen LogP contribution >= 0.6 is 0 Å². The first kappa shape index (κ1) is 25.8. The minimum atomic E-state index is -0.132. The molecule has 1 aliphatic heterocycles. The molecule has 2 heterocycles. The minimum Gasteiger partial charge on any atom is -0.484 e. The lowest BCUT2D eigenvalue weighted by Gasteiger charge is -2.29. The summed E-state index contributed by atoms with van der Waals surface area (Å²) in [6.07, 6.45) is 13.0. The van der Waals surface area contributed by atoms with Crippen LogP contribution in [-0.2, 0) is 0 Å². The van der Waals surface area contributed by atoms with Crippen molar-refractivity contribution in [2.24, 2.45) is 0 Å². The maximum absolute atomic E-state index is 6.70. The summed E-state index contributed by atoms with van der Waals surface area (Å²) in [5, 5.41) is 4.81. The number of para-hydroxylation sites is 1. The third-order valence-corrected chi connectivity index (χ3v) is 9.21. The number of fused-ring (bicyclic) bond motifs is 6. The maximum atomic E-state index is 6.70. The molecule has 3 aliphatic rings. The third kappa shape index (κ3) is 4.41. The van der Waals surface area contributed by atoms with Gasteiger partial charge in [0.1, 0.15) is 11.9 Å². The summed E-state index contributed by atoms with van der Waals surface area (Å²) < 4.78 is 6.70. The molecule has 1 aromatic heterocycles. The van der Waals surface area contributed by atoms with E-state index in [-0.39, 0.29) is 12.0 Å². The Labute approximate surface area is 261 Å². The number of hydrogen-bond acceptors (Lipinski definition) is 4. The van der Waals surface area contributed by atoms with Crippen molar-refractivity contribution in [3.63, 3.8) is 0 Å². The average molecular weight is 580 g/mol. The number of ether oxygens (including phenoxy) is 1. The van der Waals surface area contributed by atoms with E-state index in [2.05, 4.69) is 115 Å². The van der Waals surface area contributed by atoms with Crippen molar-refractivity contribution < 1.29 is 4.74 Å². The Kier molecular flexibility index (Phi) is 6.05. The molecule has 2 aliphatic carbocycles. The zero-order valence-electron chi connectivity index (χ0n) is 24.6. The van der Waals surface area contributed by atoms with E-state index >= 15 is 0 Å². The fourth-order valence-corrected chi connectivity index (χ4v) is 7.00. The predicted molar refractivity (Wildman–Crippen MR) is 182 cm³/mol. The van der Waals surface area contributed by atoms with Gasteiger partial charge in [0.2, 0.25) is 0 Å². The van der Waals surface area contributed by atoms with Gasteiger partial charge in [-0.3, -0.25) is 0 Å². The molecule has 0 bridgehead atoms. The fraction of sp³-hybridized carbons (Fsp3) is 0.0976. The van der Waals surface area contributed by atoms with E-state index in [4.69, 9.17) is 19.7 Å². The Morgan fingerprint density at radius 2 is 1.29 bits per heavy atom. The largest absolute Gasteiger partial charge is 0.484 e. The zero-order chi connectivity index (χ0) is 29.7. The molecule has 9 rings (SSSR count). The highest BCUT2D eigenvalue weighted by Crippen LogP contribution is 2.51. The van der Waals surface area contributed by atoms with Crippen LogP contribution in [0.1, 0.15) is 30.1 Å². The first-order valence-corrected chi connectivity index (χ1v) is 15.6. The molecule has 214 valence electrons. The standard InChI is InChI=1S/C41H29N3O/c1-3-11-26(12-4-1)32-23-24-34(37-33-17-9-10-18-36(33)45-38(32)37)41-43-39(29-14-5-2-6-15-29)42-40(44-41)30-22-21-28-20-19-27-13-7-8-16-31(27)35(28)25-30/h1-3,5-11,13-25,37-38H,4,12H2. The Morgan fingerprint density at radius 1 is 0.578 bits per heavy atom. The number of rotatable bonds is 4. The van der Waals surface area contributed by atoms with Gasteiger partial charge in [0.05, 0.1) is 5.92 Å². The molecule has 0 fully saturated rings. The van der Waals surface area contributed by atoms with Crippen molar-refractivity contribution >= 4 is 27.1 Å². The highest BCUT2D eigenvalue weighted by Gasteiger charge is 2.42. The molecule has 0 saturated heterocycles. The van der Waals surface area contributed by atoms with Crippen molar-refractivity contribution in [1.29, 1.82) is 0 Å². The molecule has 2 unspecified atom stereocenters. The van der Waals surface area contributed by atoms with Crippen LogP contribution in [0.4, 0.5) is 0 Å². The molecule has 4 nitrogen and oxygen atoms in total. The molecule has 0 amide bonds. The first-order valence-electron chi connectivity index (χ1n) is 15.6. The number of nitrogens with zero attached hydrogens (tertiary/aromatic N) is 3. The molecule has 0 N–H and O–H groups in total. The van der Waals surface area contributed by atoms with Crippen LogP contribution in [-0.4, -0.2) is 21.1 Å². The van der Waals surface area contributed by atoms with Crippen molar-refractivity contribution in [3.05, 3.63) is 162 Å². The van der Waals surface area contributed by atoms with Crippen LogP contribution in [0.5, 0.6) is 5.75 Å². The van der Waals surface area contributed by atoms with Gasteiger partial charge in [-0.2, -0.15) is 0 Å². The van der Waals surface area contributed by atoms with E-state index in [9.17, 15) is 0 Å². The summed E-state index contributed by atoms with van der Waals surface area (Å²) in [7, 11) is 0. The van der Waals surface area contributed by atoms with Gasteiger partial charge in [-0.05, 0) is 57.7 Å². The molecule has 0 spiro atoms. The van der Waals surface area contributed by atoms with E-state index in [1.807, 2.05) is 24.3 Å². The van der Waals surface area contributed by atoms with Crippen LogP contribution < -0.4 is 4.74 Å². The van der Waals surface area contributed by atoms with Crippen molar-refractivity contribution in [1.82, 2.24) is 15.0 Å². The van der Waals surface area contributed by atoms with Crippen LogP contribution in [0.2, 0.25) is 0 Å². The number of benzene rings is 5. The summed E-state index contributed by atoms with van der Waals surface area (Å²) in [5.74, 6) is 2.91. The Morgan fingerprint density at radius 3 is 2.16 bits per heavy atom. The molecule has 4 heteroatoms. The Bertz CT molecular complexity index is 2260. The van der Waals surface area contributed by atoms with Gasteiger partial charge >= 0.3 is 0 Å². The number of aromatic nitrogens is 3. The summed E-state index contributed by atoms with van der Waals surface area (Å²) in [5.41, 5.74) is 6.72. The lowest BCUT2D eigenvalue weighted by atomic mass is 9.77. The smallest absolute Gasteiger partial charge is 0.164 e. The lowest BCUT2D eigenvalue weighted by Crippen LogP contribution is -2.27. The lowest BCUT2D eigenvalue weighted by molar-refractivity contribution is 0.259. The van der Waals surface area contributed by atoms with E-state index in [1.165, 1.54) is 38.3 Å². The highest BCUT2D eigenvalue weighted by molar-refractivity contribution is 6.08. The second kappa shape index (κ2) is 10.5. The van der Waals surface area contributed by atoms with Crippen molar-refractivity contribution in [2.45, 2.75) is 24.9 Å². The topological polar surface area (TPSA) is 47.9 Å². The Hall–Kier alpha value is -5.61.